The van der Waals surface area contributed by atoms with E-state index in [1.165, 1.54) is 12.1 Å². The fraction of sp³-hybridized carbons (Fsp3) is 0.538. The first kappa shape index (κ1) is 11.0. The molecule has 2 atom stereocenters. The molecule has 0 aliphatic carbocycles. The fourth-order valence-electron chi connectivity index (χ4n) is 2.98. The van der Waals surface area contributed by atoms with Gasteiger partial charge in [-0.2, -0.15) is 0 Å². The van der Waals surface area contributed by atoms with Gasteiger partial charge in [-0.15, -0.1) is 0 Å². The fourth-order valence-corrected chi connectivity index (χ4v) is 2.98. The molecule has 92 valence electrons. The molecular formula is C13H17FN2O. The molecular weight excluding hydrogens is 219 g/mol. The van der Waals surface area contributed by atoms with Crippen molar-refractivity contribution in [2.75, 3.05) is 20.1 Å². The zero-order valence-corrected chi connectivity index (χ0v) is 9.95. The van der Waals surface area contributed by atoms with Crippen molar-refractivity contribution >= 4 is 0 Å². The van der Waals surface area contributed by atoms with Crippen molar-refractivity contribution in [2.24, 2.45) is 5.73 Å². The molecule has 0 aromatic heterocycles. The van der Waals surface area contributed by atoms with Crippen LogP contribution in [0, 0.1) is 5.82 Å². The molecule has 3 rings (SSSR count). The van der Waals surface area contributed by atoms with Gasteiger partial charge in [0.2, 0.25) is 0 Å². The monoisotopic (exact) mass is 236 g/mol. The van der Waals surface area contributed by atoms with E-state index in [9.17, 15) is 4.39 Å². The van der Waals surface area contributed by atoms with Crippen molar-refractivity contribution in [3.05, 3.63) is 29.6 Å². The van der Waals surface area contributed by atoms with E-state index in [0.29, 0.717) is 5.75 Å². The smallest absolute Gasteiger partial charge is 0.127 e. The van der Waals surface area contributed by atoms with E-state index >= 15 is 0 Å². The maximum absolute atomic E-state index is 13.2. The molecule has 1 aromatic carbocycles. The summed E-state index contributed by atoms with van der Waals surface area (Å²) < 4.78 is 19.3. The highest BCUT2D eigenvalue weighted by Gasteiger charge is 2.44. The van der Waals surface area contributed by atoms with Crippen LogP contribution in [0.1, 0.15) is 24.4 Å². The Balaban J connectivity index is 1.97. The number of nitrogens with two attached hydrogens (primary N) is 1. The summed E-state index contributed by atoms with van der Waals surface area (Å²) in [5.41, 5.74) is 6.88. The van der Waals surface area contributed by atoms with Crippen molar-refractivity contribution in [3.8, 4) is 5.75 Å². The molecule has 2 aliphatic rings. The van der Waals surface area contributed by atoms with Gasteiger partial charge in [0, 0.05) is 43.6 Å². The molecule has 2 heterocycles. The number of halogens is 1. The zero-order chi connectivity index (χ0) is 12.0. The third kappa shape index (κ3) is 1.81. The van der Waals surface area contributed by atoms with E-state index in [1.807, 2.05) is 0 Å². The summed E-state index contributed by atoms with van der Waals surface area (Å²) in [6.45, 7) is 1.88. The van der Waals surface area contributed by atoms with E-state index in [0.717, 1.165) is 31.5 Å². The number of rotatable bonds is 0. The summed E-state index contributed by atoms with van der Waals surface area (Å²) in [4.78, 5) is 2.23. The van der Waals surface area contributed by atoms with E-state index in [2.05, 4.69) is 11.9 Å². The highest BCUT2D eigenvalue weighted by Crippen LogP contribution is 2.42. The van der Waals surface area contributed by atoms with Crippen LogP contribution < -0.4 is 10.5 Å². The second-order valence-corrected chi connectivity index (χ2v) is 5.27. The maximum Gasteiger partial charge on any atom is 0.127 e. The Morgan fingerprint density at radius 2 is 2.35 bits per heavy atom. The number of likely N-dealkylation sites (N-methyl/N-ethyl adjacent to an activating group) is 1. The Kier molecular flexibility index (Phi) is 2.38. The molecule has 1 fully saturated rings. The maximum atomic E-state index is 13.2. The molecule has 1 aromatic rings. The lowest BCUT2D eigenvalue weighted by molar-refractivity contribution is 0.0462. The lowest BCUT2D eigenvalue weighted by Crippen LogP contribution is -2.44. The third-order valence-electron chi connectivity index (χ3n) is 3.80. The summed E-state index contributed by atoms with van der Waals surface area (Å²) in [6.07, 6.45) is 1.78. The molecule has 1 saturated heterocycles. The van der Waals surface area contributed by atoms with Crippen LogP contribution >= 0.6 is 0 Å². The van der Waals surface area contributed by atoms with Crippen molar-refractivity contribution in [2.45, 2.75) is 24.5 Å². The van der Waals surface area contributed by atoms with Crippen molar-refractivity contribution in [1.29, 1.82) is 0 Å². The van der Waals surface area contributed by atoms with Crippen molar-refractivity contribution < 1.29 is 9.13 Å². The van der Waals surface area contributed by atoms with Gasteiger partial charge >= 0.3 is 0 Å². The minimum atomic E-state index is -0.264. The Morgan fingerprint density at radius 3 is 3.06 bits per heavy atom. The summed E-state index contributed by atoms with van der Waals surface area (Å²) in [5, 5.41) is 0. The van der Waals surface area contributed by atoms with Gasteiger partial charge in [0.05, 0.1) is 0 Å². The van der Waals surface area contributed by atoms with Crippen LogP contribution in [0.15, 0.2) is 18.2 Å². The summed E-state index contributed by atoms with van der Waals surface area (Å²) in [7, 11) is 2.07. The first-order valence-electron chi connectivity index (χ1n) is 6.01. The van der Waals surface area contributed by atoms with Crippen LogP contribution in [0.25, 0.3) is 0 Å². The standard InChI is InChI=1S/C13H17FN2O/c1-16-5-4-13(8-16)7-11(15)10-3-2-9(14)6-12(10)17-13/h2-3,6,11H,4-5,7-8,15H2,1H3/t11-,13?/m1/s1. The number of ether oxygens (including phenoxy) is 1. The van der Waals surface area contributed by atoms with E-state index in [-0.39, 0.29) is 17.5 Å². The van der Waals surface area contributed by atoms with Gasteiger partial charge in [-0.3, -0.25) is 0 Å². The van der Waals surface area contributed by atoms with Crippen LogP contribution in [0.4, 0.5) is 4.39 Å². The topological polar surface area (TPSA) is 38.5 Å². The molecule has 2 N–H and O–H groups in total. The molecule has 0 saturated carbocycles. The lowest BCUT2D eigenvalue weighted by atomic mass is 9.87. The van der Waals surface area contributed by atoms with Gasteiger partial charge in [0.25, 0.3) is 0 Å². The number of benzene rings is 1. The second-order valence-electron chi connectivity index (χ2n) is 5.27. The summed E-state index contributed by atoms with van der Waals surface area (Å²) >= 11 is 0. The highest BCUT2D eigenvalue weighted by atomic mass is 19.1. The van der Waals surface area contributed by atoms with Gasteiger partial charge in [0.1, 0.15) is 17.2 Å². The molecule has 4 heteroatoms. The largest absolute Gasteiger partial charge is 0.485 e. The van der Waals surface area contributed by atoms with Crippen LogP contribution in [0.3, 0.4) is 0 Å². The molecule has 0 radical (unpaired) electrons. The van der Waals surface area contributed by atoms with Gasteiger partial charge in [0.15, 0.2) is 0 Å². The average Bonchev–Trinajstić information content (AvgIpc) is 2.58. The minimum absolute atomic E-state index is 0.0501. The van der Waals surface area contributed by atoms with E-state index in [1.54, 1.807) is 6.07 Å². The van der Waals surface area contributed by atoms with Gasteiger partial charge in [-0.1, -0.05) is 6.07 Å². The predicted octanol–water partition coefficient (Wildman–Crippen LogP) is 1.68. The summed E-state index contributed by atoms with van der Waals surface area (Å²) in [5.74, 6) is 0.360. The molecule has 1 unspecified atom stereocenters. The van der Waals surface area contributed by atoms with Crippen LogP contribution in [0.5, 0.6) is 5.75 Å². The first-order chi connectivity index (χ1) is 8.08. The Bertz CT molecular complexity index is 451. The molecule has 0 amide bonds. The number of hydrogen-bond donors (Lipinski definition) is 1. The summed E-state index contributed by atoms with van der Waals surface area (Å²) in [6, 6.07) is 4.58. The van der Waals surface area contributed by atoms with Crippen molar-refractivity contribution in [3.63, 3.8) is 0 Å². The van der Waals surface area contributed by atoms with Gasteiger partial charge < -0.3 is 15.4 Å². The van der Waals surface area contributed by atoms with Gasteiger partial charge in [-0.25, -0.2) is 4.39 Å². The van der Waals surface area contributed by atoms with Crippen LogP contribution in [0.2, 0.25) is 0 Å². The molecule has 17 heavy (non-hydrogen) atoms. The first-order valence-corrected chi connectivity index (χ1v) is 6.01. The van der Waals surface area contributed by atoms with E-state index in [4.69, 9.17) is 10.5 Å². The SMILES string of the molecule is CN1CCC2(C[C@@H](N)c3ccc(F)cc3O2)C1. The van der Waals surface area contributed by atoms with Crippen LogP contribution in [-0.2, 0) is 0 Å². The second kappa shape index (κ2) is 3.68. The highest BCUT2D eigenvalue weighted by molar-refractivity contribution is 5.39. The molecule has 2 aliphatic heterocycles. The number of likely N-dealkylation sites (tertiary alicyclic amines) is 1. The number of hydrogen-bond acceptors (Lipinski definition) is 3. The molecule has 0 bridgehead atoms. The van der Waals surface area contributed by atoms with E-state index < -0.39 is 0 Å². The zero-order valence-electron chi connectivity index (χ0n) is 9.95. The Morgan fingerprint density at radius 1 is 1.53 bits per heavy atom. The lowest BCUT2D eigenvalue weighted by Gasteiger charge is -2.38. The molecule has 1 spiro atoms. The number of nitrogens with zero attached hydrogens (tertiary/aromatic N) is 1. The molecule has 3 nitrogen and oxygen atoms in total. The Hall–Kier alpha value is -1.13. The minimum Gasteiger partial charge on any atom is -0.485 e. The van der Waals surface area contributed by atoms with Crippen molar-refractivity contribution in [1.82, 2.24) is 4.90 Å². The van der Waals surface area contributed by atoms with Crippen LogP contribution in [-0.4, -0.2) is 30.6 Å². The average molecular weight is 236 g/mol. The quantitative estimate of drug-likeness (QED) is 0.745. The Labute approximate surface area is 100 Å². The van der Waals surface area contributed by atoms with Gasteiger partial charge in [-0.05, 0) is 13.1 Å². The normalized spacial score (nSPS) is 32.5. The number of fused-ring (bicyclic) bond motifs is 1. The predicted molar refractivity (Wildman–Crippen MR) is 63.4 cm³/mol. The third-order valence-corrected chi connectivity index (χ3v) is 3.80.